The first-order valence-corrected chi connectivity index (χ1v) is 11.4. The highest BCUT2D eigenvalue weighted by molar-refractivity contribution is 5.80. The third kappa shape index (κ3) is 4.77. The molecule has 0 saturated heterocycles. The topological polar surface area (TPSA) is 100 Å². The van der Waals surface area contributed by atoms with Gasteiger partial charge in [0.1, 0.15) is 0 Å². The molecule has 0 N–H and O–H groups in total. The molecule has 1 aliphatic heterocycles. The number of benzene rings is 3. The van der Waals surface area contributed by atoms with Gasteiger partial charge in [-0.15, -0.1) is 0 Å². The number of nitro groups is 1. The normalized spacial score (nSPS) is 14.6. The zero-order valence-electron chi connectivity index (χ0n) is 20.6. The molecule has 1 unspecified atom stereocenters. The third-order valence-corrected chi connectivity index (χ3v) is 6.39. The van der Waals surface area contributed by atoms with Crippen LogP contribution in [0, 0.1) is 10.1 Å². The van der Waals surface area contributed by atoms with E-state index in [1.807, 2.05) is 18.2 Å². The highest BCUT2D eigenvalue weighted by atomic mass is 16.6. The maximum Gasteiger partial charge on any atom is 0.269 e. The summed E-state index contributed by atoms with van der Waals surface area (Å²) in [7, 11) is 6.23. The molecule has 1 atom stereocenters. The highest BCUT2D eigenvalue weighted by Gasteiger charge is 2.34. The predicted molar refractivity (Wildman–Crippen MR) is 133 cm³/mol. The number of hydrogen-bond acceptors (Lipinski definition) is 7. The Bertz CT molecular complexity index is 1290. The van der Waals surface area contributed by atoms with Crippen molar-refractivity contribution in [3.8, 4) is 23.0 Å². The van der Waals surface area contributed by atoms with E-state index in [-0.39, 0.29) is 18.0 Å². The minimum atomic E-state index is -0.527. The lowest BCUT2D eigenvalue weighted by Gasteiger charge is -2.38. The first kappa shape index (κ1) is 24.8. The Labute approximate surface area is 209 Å². The minimum absolute atomic E-state index is 0.0348. The molecule has 9 heteroatoms. The molecule has 188 valence electrons. The Balaban J connectivity index is 1.77. The molecule has 1 aliphatic rings. The Hall–Kier alpha value is -4.27. The molecule has 0 fully saturated rings. The maximum absolute atomic E-state index is 13.7. The van der Waals surface area contributed by atoms with Gasteiger partial charge in [-0.2, -0.15) is 0 Å². The van der Waals surface area contributed by atoms with Crippen LogP contribution in [0.5, 0.6) is 23.0 Å². The lowest BCUT2D eigenvalue weighted by molar-refractivity contribution is -0.384. The van der Waals surface area contributed by atoms with E-state index in [0.717, 1.165) is 16.7 Å². The van der Waals surface area contributed by atoms with Crippen LogP contribution in [0.3, 0.4) is 0 Å². The number of non-ortho nitro benzene ring substituents is 1. The quantitative estimate of drug-likeness (QED) is 0.340. The number of carbonyl (C=O) groups excluding carboxylic acids is 1. The number of amides is 1. The number of hydrogen-bond donors (Lipinski definition) is 0. The van der Waals surface area contributed by atoms with E-state index in [2.05, 4.69) is 0 Å². The van der Waals surface area contributed by atoms with Gasteiger partial charge in [-0.3, -0.25) is 14.9 Å². The van der Waals surface area contributed by atoms with Crippen molar-refractivity contribution in [2.45, 2.75) is 18.9 Å². The van der Waals surface area contributed by atoms with Crippen molar-refractivity contribution in [1.29, 1.82) is 0 Å². The number of nitrogens with zero attached hydrogens (tertiary/aromatic N) is 2. The van der Waals surface area contributed by atoms with E-state index >= 15 is 0 Å². The molecule has 1 heterocycles. The molecule has 3 aromatic carbocycles. The maximum atomic E-state index is 13.7. The Morgan fingerprint density at radius 1 is 0.917 bits per heavy atom. The molecule has 0 aromatic heterocycles. The summed E-state index contributed by atoms with van der Waals surface area (Å²) >= 11 is 0. The van der Waals surface area contributed by atoms with Crippen molar-refractivity contribution in [2.24, 2.45) is 0 Å². The zero-order valence-corrected chi connectivity index (χ0v) is 20.6. The zero-order chi connectivity index (χ0) is 25.8. The third-order valence-electron chi connectivity index (χ3n) is 6.39. The van der Waals surface area contributed by atoms with Gasteiger partial charge in [-0.25, -0.2) is 0 Å². The van der Waals surface area contributed by atoms with Gasteiger partial charge in [0.15, 0.2) is 23.0 Å². The van der Waals surface area contributed by atoms with Crippen LogP contribution in [0.2, 0.25) is 0 Å². The van der Waals surface area contributed by atoms with Crippen LogP contribution < -0.4 is 18.9 Å². The summed E-state index contributed by atoms with van der Waals surface area (Å²) in [6.07, 6.45) is 0.743. The fourth-order valence-electron chi connectivity index (χ4n) is 4.65. The molecular weight excluding hydrogens is 464 g/mol. The average Bonchev–Trinajstić information content (AvgIpc) is 2.91. The molecular formula is C27H28N2O7. The molecule has 36 heavy (non-hydrogen) atoms. The van der Waals surface area contributed by atoms with E-state index in [1.165, 1.54) is 12.1 Å². The second-order valence-corrected chi connectivity index (χ2v) is 8.36. The second-order valence-electron chi connectivity index (χ2n) is 8.36. The first-order chi connectivity index (χ1) is 17.4. The second kappa shape index (κ2) is 10.6. The molecule has 0 saturated carbocycles. The number of carbonyl (C=O) groups is 1. The standard InChI is InChI=1S/C27H28N2O7/c1-33-22-9-8-17(12-23(22)34-2)13-26(30)28-11-10-18-15-24(35-3)25(36-4)16-21(18)27(28)19-6-5-7-20(14-19)29(31)32/h5-9,12,14-16,27H,10-11,13H2,1-4H3. The monoisotopic (exact) mass is 492 g/mol. The van der Waals surface area contributed by atoms with Crippen molar-refractivity contribution in [3.63, 3.8) is 0 Å². The summed E-state index contributed by atoms with van der Waals surface area (Å²) in [5, 5.41) is 11.5. The van der Waals surface area contributed by atoms with Gasteiger partial charge in [0, 0.05) is 18.7 Å². The molecule has 9 nitrogen and oxygen atoms in total. The smallest absolute Gasteiger partial charge is 0.269 e. The van der Waals surface area contributed by atoms with E-state index in [0.29, 0.717) is 41.5 Å². The van der Waals surface area contributed by atoms with Gasteiger partial charge in [0.05, 0.1) is 45.8 Å². The van der Waals surface area contributed by atoms with Crippen molar-refractivity contribution in [1.82, 2.24) is 4.90 Å². The van der Waals surface area contributed by atoms with Gasteiger partial charge in [0.2, 0.25) is 5.91 Å². The van der Waals surface area contributed by atoms with Crippen LogP contribution in [0.4, 0.5) is 5.69 Å². The summed E-state index contributed by atoms with van der Waals surface area (Å²) < 4.78 is 21.7. The number of rotatable bonds is 8. The predicted octanol–water partition coefficient (Wildman–Crippen LogP) is 4.35. The highest BCUT2D eigenvalue weighted by Crippen LogP contribution is 2.42. The van der Waals surface area contributed by atoms with Crippen LogP contribution in [-0.2, 0) is 17.6 Å². The number of fused-ring (bicyclic) bond motifs is 1. The van der Waals surface area contributed by atoms with Gasteiger partial charge >= 0.3 is 0 Å². The molecule has 0 aliphatic carbocycles. The van der Waals surface area contributed by atoms with Crippen LogP contribution >= 0.6 is 0 Å². The van der Waals surface area contributed by atoms with Crippen LogP contribution in [0.15, 0.2) is 54.6 Å². The summed E-state index contributed by atoms with van der Waals surface area (Å²) in [5.41, 5.74) is 3.23. The number of nitro benzene ring substituents is 1. The Morgan fingerprint density at radius 3 is 2.25 bits per heavy atom. The molecule has 4 rings (SSSR count). The van der Waals surface area contributed by atoms with Crippen LogP contribution in [0.25, 0.3) is 0 Å². The Kier molecular flexibility index (Phi) is 7.28. The molecule has 1 amide bonds. The summed E-state index contributed by atoms with van der Waals surface area (Å²) in [6.45, 7) is 0.446. The lowest BCUT2D eigenvalue weighted by Crippen LogP contribution is -2.41. The molecule has 0 spiro atoms. The van der Waals surface area contributed by atoms with Crippen LogP contribution in [0.1, 0.15) is 28.3 Å². The largest absolute Gasteiger partial charge is 0.493 e. The van der Waals surface area contributed by atoms with Crippen LogP contribution in [-0.4, -0.2) is 50.7 Å². The van der Waals surface area contributed by atoms with Crippen molar-refractivity contribution in [3.05, 3.63) is 87.0 Å². The van der Waals surface area contributed by atoms with E-state index in [9.17, 15) is 14.9 Å². The SMILES string of the molecule is COc1ccc(CC(=O)N2CCc3cc(OC)c(OC)cc3C2c2cccc([N+](=O)[O-])c2)cc1OC. The molecule has 3 aromatic rings. The van der Waals surface area contributed by atoms with E-state index < -0.39 is 11.0 Å². The first-order valence-electron chi connectivity index (χ1n) is 11.4. The number of methoxy groups -OCH3 is 4. The van der Waals surface area contributed by atoms with Gasteiger partial charge in [0.25, 0.3) is 5.69 Å². The lowest BCUT2D eigenvalue weighted by atomic mass is 9.87. The summed E-state index contributed by atoms with van der Waals surface area (Å²) in [5.74, 6) is 2.13. The van der Waals surface area contributed by atoms with E-state index in [4.69, 9.17) is 18.9 Å². The van der Waals surface area contributed by atoms with Gasteiger partial charge < -0.3 is 23.8 Å². The summed E-state index contributed by atoms with van der Waals surface area (Å²) in [6, 6.07) is 15.0. The number of ether oxygens (including phenoxy) is 4. The molecule has 0 bridgehead atoms. The van der Waals surface area contributed by atoms with Crippen molar-refractivity contribution in [2.75, 3.05) is 35.0 Å². The fraction of sp³-hybridized carbons (Fsp3) is 0.296. The molecule has 0 radical (unpaired) electrons. The van der Waals surface area contributed by atoms with Gasteiger partial charge in [-0.1, -0.05) is 18.2 Å². The Morgan fingerprint density at radius 2 is 1.58 bits per heavy atom. The minimum Gasteiger partial charge on any atom is -0.493 e. The van der Waals surface area contributed by atoms with Crippen molar-refractivity contribution >= 4 is 11.6 Å². The average molecular weight is 493 g/mol. The van der Waals surface area contributed by atoms with Crippen molar-refractivity contribution < 1.29 is 28.7 Å². The fourth-order valence-corrected chi connectivity index (χ4v) is 4.65. The summed E-state index contributed by atoms with van der Waals surface area (Å²) in [4.78, 5) is 26.5. The van der Waals surface area contributed by atoms with E-state index in [1.54, 1.807) is 57.6 Å². The van der Waals surface area contributed by atoms with Gasteiger partial charge in [-0.05, 0) is 52.9 Å².